The fourth-order valence-electron chi connectivity index (χ4n) is 3.63. The van der Waals surface area contributed by atoms with Crippen LogP contribution in [-0.4, -0.2) is 28.5 Å². The number of anilines is 1. The molecule has 0 saturated heterocycles. The molecular formula is C26H19N3O4S. The maximum absolute atomic E-state index is 12.5. The van der Waals surface area contributed by atoms with E-state index in [1.807, 2.05) is 24.3 Å². The minimum absolute atomic E-state index is 0.113. The number of nitrogens with one attached hydrogen (secondary N) is 2. The SMILES string of the molecule is Cc1ccc2nc(-c3ccc(NC(=O)COC(=O)c4cc(=O)[nH]c5ccccc45)cc3)sc2c1. The highest BCUT2D eigenvalue weighted by Gasteiger charge is 2.15. The second-order valence-corrected chi connectivity index (χ2v) is 8.82. The molecule has 3 aromatic carbocycles. The summed E-state index contributed by atoms with van der Waals surface area (Å²) in [5.74, 6) is -1.22. The van der Waals surface area contributed by atoms with Crippen LogP contribution < -0.4 is 10.9 Å². The van der Waals surface area contributed by atoms with E-state index >= 15 is 0 Å². The number of aromatic nitrogens is 2. The van der Waals surface area contributed by atoms with Gasteiger partial charge in [-0.1, -0.05) is 24.3 Å². The first-order valence-corrected chi connectivity index (χ1v) is 11.3. The fourth-order valence-corrected chi connectivity index (χ4v) is 4.70. The van der Waals surface area contributed by atoms with Crippen molar-refractivity contribution in [1.29, 1.82) is 0 Å². The molecule has 0 bridgehead atoms. The highest BCUT2D eigenvalue weighted by molar-refractivity contribution is 7.21. The van der Waals surface area contributed by atoms with Gasteiger partial charge < -0.3 is 15.0 Å². The number of hydrogen-bond acceptors (Lipinski definition) is 6. The van der Waals surface area contributed by atoms with Crippen LogP contribution in [0.4, 0.5) is 5.69 Å². The number of para-hydroxylation sites is 1. The van der Waals surface area contributed by atoms with Gasteiger partial charge in [0.15, 0.2) is 6.61 Å². The van der Waals surface area contributed by atoms with Crippen molar-refractivity contribution in [3.8, 4) is 10.6 Å². The summed E-state index contributed by atoms with van der Waals surface area (Å²) < 4.78 is 6.28. The number of hydrogen-bond donors (Lipinski definition) is 2. The summed E-state index contributed by atoms with van der Waals surface area (Å²) in [5, 5.41) is 4.16. The highest BCUT2D eigenvalue weighted by atomic mass is 32.1. The number of pyridine rings is 1. The molecule has 0 aliphatic rings. The Hall–Kier alpha value is -4.30. The molecule has 7 nitrogen and oxygen atoms in total. The third-order valence-electron chi connectivity index (χ3n) is 5.26. The van der Waals surface area contributed by atoms with E-state index in [9.17, 15) is 14.4 Å². The van der Waals surface area contributed by atoms with Crippen molar-refractivity contribution in [1.82, 2.24) is 9.97 Å². The van der Waals surface area contributed by atoms with Crippen LogP contribution in [0.2, 0.25) is 0 Å². The molecule has 0 unspecified atom stereocenters. The predicted octanol–water partition coefficient (Wildman–Crippen LogP) is 4.91. The molecule has 34 heavy (non-hydrogen) atoms. The van der Waals surface area contributed by atoms with E-state index < -0.39 is 24.0 Å². The molecule has 8 heteroatoms. The summed E-state index contributed by atoms with van der Waals surface area (Å²) in [7, 11) is 0. The van der Waals surface area contributed by atoms with Crippen molar-refractivity contribution in [2.75, 3.05) is 11.9 Å². The smallest absolute Gasteiger partial charge is 0.339 e. The molecule has 0 atom stereocenters. The zero-order chi connectivity index (χ0) is 23.7. The van der Waals surface area contributed by atoms with Crippen molar-refractivity contribution in [3.63, 3.8) is 0 Å². The van der Waals surface area contributed by atoms with Gasteiger partial charge in [-0.3, -0.25) is 9.59 Å². The van der Waals surface area contributed by atoms with Crippen LogP contribution in [0.15, 0.2) is 77.6 Å². The quantitative estimate of drug-likeness (QED) is 0.356. The molecule has 2 heterocycles. The molecule has 0 radical (unpaired) electrons. The number of nitrogens with zero attached hydrogens (tertiary/aromatic N) is 1. The van der Waals surface area contributed by atoms with E-state index in [0.717, 1.165) is 20.8 Å². The lowest BCUT2D eigenvalue weighted by Crippen LogP contribution is -2.21. The first kappa shape index (κ1) is 21.5. The fraction of sp³-hybridized carbons (Fsp3) is 0.0769. The average Bonchev–Trinajstić information content (AvgIpc) is 3.25. The molecule has 5 aromatic rings. The number of rotatable bonds is 5. The predicted molar refractivity (Wildman–Crippen MR) is 133 cm³/mol. The first-order valence-electron chi connectivity index (χ1n) is 10.5. The van der Waals surface area contributed by atoms with Crippen LogP contribution >= 0.6 is 11.3 Å². The van der Waals surface area contributed by atoms with E-state index in [1.54, 1.807) is 47.7 Å². The van der Waals surface area contributed by atoms with Crippen LogP contribution in [0.3, 0.4) is 0 Å². The van der Waals surface area contributed by atoms with Gasteiger partial charge in [-0.2, -0.15) is 0 Å². The van der Waals surface area contributed by atoms with Gasteiger partial charge >= 0.3 is 5.97 Å². The standard InChI is InChI=1S/C26H19N3O4S/c1-15-6-11-21-22(12-15)34-25(29-21)16-7-9-17(10-8-16)27-24(31)14-33-26(32)19-13-23(30)28-20-5-3-2-4-18(19)20/h2-13H,14H2,1H3,(H,27,31)(H,28,30). The van der Waals surface area contributed by atoms with Gasteiger partial charge in [0.05, 0.1) is 15.8 Å². The molecule has 2 aromatic heterocycles. The Morgan fingerprint density at radius 3 is 2.65 bits per heavy atom. The van der Waals surface area contributed by atoms with E-state index in [4.69, 9.17) is 4.74 Å². The van der Waals surface area contributed by atoms with Crippen LogP contribution in [0.5, 0.6) is 0 Å². The molecule has 0 spiro atoms. The van der Waals surface area contributed by atoms with Gasteiger partial charge in [0, 0.05) is 28.2 Å². The maximum Gasteiger partial charge on any atom is 0.339 e. The van der Waals surface area contributed by atoms with Crippen LogP contribution in [0.25, 0.3) is 31.7 Å². The lowest BCUT2D eigenvalue weighted by Gasteiger charge is -2.08. The molecule has 1 amide bonds. The number of benzene rings is 3. The van der Waals surface area contributed by atoms with Crippen molar-refractivity contribution in [3.05, 3.63) is 94.3 Å². The molecule has 0 fully saturated rings. The number of H-pyrrole nitrogens is 1. The number of thiazole rings is 1. The van der Waals surface area contributed by atoms with Gasteiger partial charge in [-0.15, -0.1) is 11.3 Å². The van der Waals surface area contributed by atoms with Crippen molar-refractivity contribution >= 4 is 50.0 Å². The topological polar surface area (TPSA) is 101 Å². The minimum Gasteiger partial charge on any atom is -0.452 e. The largest absolute Gasteiger partial charge is 0.452 e. The molecule has 168 valence electrons. The van der Waals surface area contributed by atoms with E-state index in [-0.39, 0.29) is 5.56 Å². The molecule has 0 saturated carbocycles. The third-order valence-corrected chi connectivity index (χ3v) is 6.33. The van der Waals surface area contributed by atoms with Crippen molar-refractivity contribution in [2.45, 2.75) is 6.92 Å². The summed E-state index contributed by atoms with van der Waals surface area (Å²) in [4.78, 5) is 44.0. The van der Waals surface area contributed by atoms with E-state index in [1.165, 1.54) is 11.6 Å². The minimum atomic E-state index is -0.737. The lowest BCUT2D eigenvalue weighted by molar-refractivity contribution is -0.119. The summed E-state index contributed by atoms with van der Waals surface area (Å²) >= 11 is 1.61. The van der Waals surface area contributed by atoms with Gasteiger partial charge in [-0.25, -0.2) is 9.78 Å². The Morgan fingerprint density at radius 2 is 1.82 bits per heavy atom. The summed E-state index contributed by atoms with van der Waals surface area (Å²) in [6.45, 7) is 1.58. The number of ether oxygens (including phenoxy) is 1. The summed E-state index contributed by atoms with van der Waals surface area (Å²) in [6, 6.07) is 21.6. The monoisotopic (exact) mass is 469 g/mol. The highest BCUT2D eigenvalue weighted by Crippen LogP contribution is 2.31. The molecule has 0 aliphatic heterocycles. The number of esters is 1. The Morgan fingerprint density at radius 1 is 1.03 bits per heavy atom. The van der Waals surface area contributed by atoms with Gasteiger partial charge in [0.1, 0.15) is 5.01 Å². The van der Waals surface area contributed by atoms with Gasteiger partial charge in [0.25, 0.3) is 5.91 Å². The number of aromatic amines is 1. The Kier molecular flexibility index (Phi) is 5.65. The zero-order valence-electron chi connectivity index (χ0n) is 18.1. The van der Waals surface area contributed by atoms with E-state index in [0.29, 0.717) is 16.6 Å². The van der Waals surface area contributed by atoms with Crippen molar-refractivity contribution < 1.29 is 14.3 Å². The number of carbonyl (C=O) groups excluding carboxylic acids is 2. The second kappa shape index (κ2) is 8.92. The summed E-state index contributed by atoms with van der Waals surface area (Å²) in [5.41, 5.74) is 3.88. The third kappa shape index (κ3) is 4.44. The number of fused-ring (bicyclic) bond motifs is 2. The average molecular weight is 470 g/mol. The molecular weight excluding hydrogens is 450 g/mol. The van der Waals surface area contributed by atoms with E-state index in [2.05, 4.69) is 28.3 Å². The lowest BCUT2D eigenvalue weighted by atomic mass is 10.1. The Labute approximate surface area is 198 Å². The molecule has 0 aliphatic carbocycles. The Balaban J connectivity index is 1.23. The number of amides is 1. The normalized spacial score (nSPS) is 11.0. The van der Waals surface area contributed by atoms with Crippen LogP contribution in [0.1, 0.15) is 15.9 Å². The molecule has 2 N–H and O–H groups in total. The second-order valence-electron chi connectivity index (χ2n) is 7.78. The van der Waals surface area contributed by atoms with Crippen LogP contribution in [-0.2, 0) is 9.53 Å². The first-order chi connectivity index (χ1) is 16.5. The summed E-state index contributed by atoms with van der Waals surface area (Å²) in [6.07, 6.45) is 0. The maximum atomic E-state index is 12.5. The number of aryl methyl sites for hydroxylation is 1. The Bertz CT molecular complexity index is 1600. The zero-order valence-corrected chi connectivity index (χ0v) is 18.9. The van der Waals surface area contributed by atoms with Crippen molar-refractivity contribution in [2.24, 2.45) is 0 Å². The van der Waals surface area contributed by atoms with Gasteiger partial charge in [-0.05, 0) is 55.0 Å². The van der Waals surface area contributed by atoms with Gasteiger partial charge in [0.2, 0.25) is 5.56 Å². The number of carbonyl (C=O) groups is 2. The van der Waals surface area contributed by atoms with Crippen LogP contribution in [0, 0.1) is 6.92 Å². The molecule has 5 rings (SSSR count).